The highest BCUT2D eigenvalue weighted by atomic mass is 16.2. The summed E-state index contributed by atoms with van der Waals surface area (Å²) in [6.45, 7) is 2.09. The Balaban J connectivity index is 1.63. The molecule has 2 N–H and O–H groups in total. The van der Waals surface area contributed by atoms with Crippen LogP contribution in [0.2, 0.25) is 0 Å². The monoisotopic (exact) mass is 411 g/mol. The van der Waals surface area contributed by atoms with E-state index in [0.29, 0.717) is 11.3 Å². The van der Waals surface area contributed by atoms with Crippen LogP contribution in [-0.4, -0.2) is 26.6 Å². The number of aromatic nitrogens is 3. The van der Waals surface area contributed by atoms with Crippen LogP contribution >= 0.6 is 0 Å². The predicted octanol–water partition coefficient (Wildman–Crippen LogP) is 3.57. The van der Waals surface area contributed by atoms with Gasteiger partial charge in [0.05, 0.1) is 11.3 Å². The van der Waals surface area contributed by atoms with Gasteiger partial charge in [0, 0.05) is 18.0 Å². The number of nitrogens with one attached hydrogen (secondary N) is 2. The molecule has 0 bridgehead atoms. The third-order valence-electron chi connectivity index (χ3n) is 4.80. The van der Waals surface area contributed by atoms with Gasteiger partial charge in [-0.15, -0.1) is 0 Å². The molecule has 154 valence electrons. The van der Waals surface area contributed by atoms with E-state index in [1.807, 2.05) is 54.6 Å². The number of hydrogen-bond donors (Lipinski definition) is 2. The standard InChI is InChI=1S/C24H21N5O2/c1-2-17-11-13-18(14-12-17)22-20(16-29(28-22)19-8-4-3-5-9-19)23(30)26-27-24(31)21-10-6-7-15-25-21/h3-16H,2H2,1H3,(H,26,30)(H,27,31). The van der Waals surface area contributed by atoms with Crippen molar-refractivity contribution in [2.75, 3.05) is 0 Å². The predicted molar refractivity (Wildman–Crippen MR) is 118 cm³/mol. The number of carbonyl (C=O) groups excluding carboxylic acids is 2. The molecule has 2 aromatic carbocycles. The summed E-state index contributed by atoms with van der Waals surface area (Å²) >= 11 is 0. The quantitative estimate of drug-likeness (QED) is 0.492. The van der Waals surface area contributed by atoms with Crippen LogP contribution in [0.3, 0.4) is 0 Å². The highest BCUT2D eigenvalue weighted by molar-refractivity contribution is 6.02. The fourth-order valence-corrected chi connectivity index (χ4v) is 3.11. The molecule has 4 aromatic rings. The fraction of sp³-hybridized carbons (Fsp3) is 0.0833. The number of carbonyl (C=O) groups is 2. The second kappa shape index (κ2) is 9.04. The van der Waals surface area contributed by atoms with Crippen molar-refractivity contribution in [2.45, 2.75) is 13.3 Å². The van der Waals surface area contributed by atoms with Crippen molar-refractivity contribution in [1.82, 2.24) is 25.6 Å². The summed E-state index contributed by atoms with van der Waals surface area (Å²) in [5, 5.41) is 4.64. The van der Waals surface area contributed by atoms with Crippen LogP contribution in [0, 0.1) is 0 Å². The summed E-state index contributed by atoms with van der Waals surface area (Å²) in [6, 6.07) is 22.4. The normalized spacial score (nSPS) is 10.5. The fourth-order valence-electron chi connectivity index (χ4n) is 3.11. The number of benzene rings is 2. The number of rotatable bonds is 5. The summed E-state index contributed by atoms with van der Waals surface area (Å²) in [4.78, 5) is 29.1. The molecule has 0 saturated heterocycles. The van der Waals surface area contributed by atoms with E-state index in [2.05, 4.69) is 27.9 Å². The number of nitrogens with zero attached hydrogens (tertiary/aromatic N) is 3. The molecule has 0 atom stereocenters. The molecule has 0 spiro atoms. The molecule has 2 amide bonds. The number of hydrazine groups is 1. The van der Waals surface area contributed by atoms with E-state index in [0.717, 1.165) is 17.7 Å². The zero-order valence-corrected chi connectivity index (χ0v) is 16.9. The lowest BCUT2D eigenvalue weighted by Crippen LogP contribution is -2.42. The van der Waals surface area contributed by atoms with Gasteiger partial charge < -0.3 is 0 Å². The number of para-hydroxylation sites is 1. The SMILES string of the molecule is CCc1ccc(-c2nn(-c3ccccc3)cc2C(=O)NNC(=O)c2ccccn2)cc1. The second-order valence-electron chi connectivity index (χ2n) is 6.85. The Morgan fingerprint density at radius 2 is 1.58 bits per heavy atom. The largest absolute Gasteiger partial charge is 0.288 e. The van der Waals surface area contributed by atoms with Gasteiger partial charge in [0.1, 0.15) is 11.4 Å². The highest BCUT2D eigenvalue weighted by Gasteiger charge is 2.19. The molecule has 2 aromatic heterocycles. The molecule has 2 heterocycles. The van der Waals surface area contributed by atoms with Crippen LogP contribution in [0.4, 0.5) is 0 Å². The summed E-state index contributed by atoms with van der Waals surface area (Å²) in [7, 11) is 0. The first kappa shape index (κ1) is 20.0. The van der Waals surface area contributed by atoms with E-state index in [4.69, 9.17) is 0 Å². The van der Waals surface area contributed by atoms with Crippen molar-refractivity contribution < 1.29 is 9.59 Å². The maximum absolute atomic E-state index is 12.9. The molecular weight excluding hydrogens is 390 g/mol. The molecule has 0 saturated carbocycles. The van der Waals surface area contributed by atoms with Gasteiger partial charge in [-0.2, -0.15) is 5.10 Å². The lowest BCUT2D eigenvalue weighted by atomic mass is 10.0. The first-order valence-corrected chi connectivity index (χ1v) is 9.92. The van der Waals surface area contributed by atoms with Crippen LogP contribution in [0.15, 0.2) is 85.2 Å². The Morgan fingerprint density at radius 1 is 0.871 bits per heavy atom. The third kappa shape index (κ3) is 4.51. The summed E-state index contributed by atoms with van der Waals surface area (Å²) in [5.41, 5.74) is 8.77. The Bertz CT molecular complexity index is 1190. The van der Waals surface area contributed by atoms with E-state index in [-0.39, 0.29) is 5.69 Å². The summed E-state index contributed by atoms with van der Waals surface area (Å²) < 4.78 is 1.65. The average molecular weight is 411 g/mol. The molecule has 0 fully saturated rings. The number of amides is 2. The zero-order valence-electron chi connectivity index (χ0n) is 16.9. The first-order chi connectivity index (χ1) is 15.2. The molecular formula is C24H21N5O2. The van der Waals surface area contributed by atoms with Gasteiger partial charge in [-0.05, 0) is 36.2 Å². The van der Waals surface area contributed by atoms with Gasteiger partial charge in [0.2, 0.25) is 0 Å². The smallest absolute Gasteiger partial charge is 0.267 e. The highest BCUT2D eigenvalue weighted by Crippen LogP contribution is 2.24. The number of aryl methyl sites for hydroxylation is 1. The molecule has 7 nitrogen and oxygen atoms in total. The minimum absolute atomic E-state index is 0.207. The maximum Gasteiger partial charge on any atom is 0.288 e. The summed E-state index contributed by atoms with van der Waals surface area (Å²) in [5.74, 6) is -0.973. The second-order valence-corrected chi connectivity index (χ2v) is 6.85. The topological polar surface area (TPSA) is 88.9 Å². The van der Waals surface area contributed by atoms with Crippen LogP contribution in [0.5, 0.6) is 0 Å². The molecule has 31 heavy (non-hydrogen) atoms. The van der Waals surface area contributed by atoms with E-state index < -0.39 is 11.8 Å². The van der Waals surface area contributed by atoms with E-state index in [1.165, 1.54) is 11.8 Å². The van der Waals surface area contributed by atoms with Gasteiger partial charge in [-0.3, -0.25) is 25.4 Å². The maximum atomic E-state index is 12.9. The average Bonchev–Trinajstić information content (AvgIpc) is 3.29. The summed E-state index contributed by atoms with van der Waals surface area (Å²) in [6.07, 6.45) is 4.09. The van der Waals surface area contributed by atoms with Crippen molar-refractivity contribution in [2.24, 2.45) is 0 Å². The van der Waals surface area contributed by atoms with Crippen LogP contribution in [0.1, 0.15) is 33.3 Å². The molecule has 7 heteroatoms. The Hall–Kier alpha value is -4.26. The molecule has 0 radical (unpaired) electrons. The van der Waals surface area contributed by atoms with Gasteiger partial charge in [-0.1, -0.05) is 55.5 Å². The minimum Gasteiger partial charge on any atom is -0.267 e. The molecule has 0 aliphatic heterocycles. The Labute approximate surface area is 179 Å². The lowest BCUT2D eigenvalue weighted by Gasteiger charge is -2.07. The van der Waals surface area contributed by atoms with Crippen LogP contribution in [0.25, 0.3) is 16.9 Å². The van der Waals surface area contributed by atoms with Gasteiger partial charge >= 0.3 is 0 Å². The Morgan fingerprint density at radius 3 is 2.26 bits per heavy atom. The minimum atomic E-state index is -0.502. The third-order valence-corrected chi connectivity index (χ3v) is 4.80. The molecule has 0 unspecified atom stereocenters. The van der Waals surface area contributed by atoms with Crippen LogP contribution in [-0.2, 0) is 6.42 Å². The van der Waals surface area contributed by atoms with Crippen LogP contribution < -0.4 is 10.9 Å². The van der Waals surface area contributed by atoms with Crippen molar-refractivity contribution in [3.63, 3.8) is 0 Å². The molecule has 0 aliphatic rings. The van der Waals surface area contributed by atoms with Crippen molar-refractivity contribution in [1.29, 1.82) is 0 Å². The van der Waals surface area contributed by atoms with E-state index >= 15 is 0 Å². The number of pyridine rings is 1. The van der Waals surface area contributed by atoms with E-state index in [1.54, 1.807) is 29.1 Å². The number of hydrogen-bond acceptors (Lipinski definition) is 4. The molecule has 0 aliphatic carbocycles. The van der Waals surface area contributed by atoms with Gasteiger partial charge in [-0.25, -0.2) is 4.68 Å². The van der Waals surface area contributed by atoms with Crippen molar-refractivity contribution in [3.8, 4) is 16.9 Å². The van der Waals surface area contributed by atoms with Crippen molar-refractivity contribution in [3.05, 3.63) is 102 Å². The first-order valence-electron chi connectivity index (χ1n) is 9.92. The van der Waals surface area contributed by atoms with Gasteiger partial charge in [0.15, 0.2) is 0 Å². The lowest BCUT2D eigenvalue weighted by molar-refractivity contribution is 0.0844. The van der Waals surface area contributed by atoms with E-state index in [9.17, 15) is 9.59 Å². The molecule has 4 rings (SSSR count). The van der Waals surface area contributed by atoms with Crippen molar-refractivity contribution >= 4 is 11.8 Å². The Kier molecular flexibility index (Phi) is 5.84. The zero-order chi connectivity index (χ0) is 21.6. The van der Waals surface area contributed by atoms with Gasteiger partial charge in [0.25, 0.3) is 11.8 Å².